The minimum atomic E-state index is 0.803. The number of hydrogen-bond donors (Lipinski definition) is 1. The molecule has 3 fully saturated rings. The first-order valence-electron chi connectivity index (χ1n) is 9.15. The van der Waals surface area contributed by atoms with Gasteiger partial charge >= 0.3 is 0 Å². The zero-order valence-electron chi connectivity index (χ0n) is 13.3. The van der Waals surface area contributed by atoms with Gasteiger partial charge < -0.3 is 5.32 Å². The number of fused-ring (bicyclic) bond motifs is 5. The topological polar surface area (TPSA) is 12.0 Å². The summed E-state index contributed by atoms with van der Waals surface area (Å²) in [4.78, 5) is 0. The van der Waals surface area contributed by atoms with Gasteiger partial charge in [-0.3, -0.25) is 0 Å². The second kappa shape index (κ2) is 5.76. The molecule has 114 valence electrons. The standard InChI is InChI=1S/C20H29N/c1-2-21-17(10-6-9-14-7-4-3-5-8-14)20-18-15-11-12-16(13-15)19(18)20/h3-5,7-8,15-21H,2,6,9-13H2,1H3. The maximum atomic E-state index is 3.83. The maximum Gasteiger partial charge on any atom is 0.0101 e. The Morgan fingerprint density at radius 3 is 2.48 bits per heavy atom. The van der Waals surface area contributed by atoms with Crippen molar-refractivity contribution in [1.29, 1.82) is 0 Å². The van der Waals surface area contributed by atoms with Crippen LogP contribution in [0.3, 0.4) is 0 Å². The van der Waals surface area contributed by atoms with Gasteiger partial charge in [0.1, 0.15) is 0 Å². The number of hydrogen-bond acceptors (Lipinski definition) is 1. The highest BCUT2D eigenvalue weighted by atomic mass is 14.9. The van der Waals surface area contributed by atoms with Gasteiger partial charge in [0.15, 0.2) is 0 Å². The highest BCUT2D eigenvalue weighted by molar-refractivity contribution is 5.17. The smallest absolute Gasteiger partial charge is 0.0101 e. The minimum Gasteiger partial charge on any atom is -0.314 e. The molecule has 5 unspecified atom stereocenters. The van der Waals surface area contributed by atoms with E-state index >= 15 is 0 Å². The molecular formula is C20H29N. The average Bonchev–Trinajstić information content (AvgIpc) is 2.94. The van der Waals surface area contributed by atoms with Crippen molar-refractivity contribution in [1.82, 2.24) is 5.32 Å². The molecule has 4 rings (SSSR count). The summed E-state index contributed by atoms with van der Waals surface area (Å²) in [5, 5.41) is 3.83. The molecule has 3 aliphatic rings. The van der Waals surface area contributed by atoms with Gasteiger partial charge in [-0.2, -0.15) is 0 Å². The van der Waals surface area contributed by atoms with Crippen LogP contribution in [0.15, 0.2) is 30.3 Å². The Balaban J connectivity index is 1.31. The molecule has 0 radical (unpaired) electrons. The van der Waals surface area contributed by atoms with Crippen LogP contribution in [0, 0.1) is 29.6 Å². The molecule has 21 heavy (non-hydrogen) atoms. The summed E-state index contributed by atoms with van der Waals surface area (Å²) < 4.78 is 0. The van der Waals surface area contributed by atoms with Gasteiger partial charge in [-0.05, 0) is 80.2 Å². The van der Waals surface area contributed by atoms with Crippen LogP contribution in [0.2, 0.25) is 0 Å². The van der Waals surface area contributed by atoms with Crippen molar-refractivity contribution in [2.75, 3.05) is 6.54 Å². The zero-order valence-corrected chi connectivity index (χ0v) is 13.3. The fourth-order valence-corrected chi connectivity index (χ4v) is 5.79. The summed E-state index contributed by atoms with van der Waals surface area (Å²) in [6, 6.07) is 11.8. The molecule has 1 nitrogen and oxygen atoms in total. The molecule has 0 aromatic heterocycles. The third-order valence-corrected chi connectivity index (χ3v) is 6.55. The molecule has 0 amide bonds. The second-order valence-electron chi connectivity index (χ2n) is 7.61. The second-order valence-corrected chi connectivity index (χ2v) is 7.61. The van der Waals surface area contributed by atoms with Crippen LogP contribution in [0.5, 0.6) is 0 Å². The number of nitrogens with one attached hydrogen (secondary N) is 1. The Kier molecular flexibility index (Phi) is 3.79. The van der Waals surface area contributed by atoms with Gasteiger partial charge in [0.2, 0.25) is 0 Å². The monoisotopic (exact) mass is 283 g/mol. The highest BCUT2D eigenvalue weighted by Gasteiger charge is 2.66. The van der Waals surface area contributed by atoms with Crippen molar-refractivity contribution < 1.29 is 0 Å². The van der Waals surface area contributed by atoms with Crippen LogP contribution < -0.4 is 5.32 Å². The summed E-state index contributed by atoms with van der Waals surface area (Å²) in [5.74, 6) is 5.49. The minimum absolute atomic E-state index is 0.803. The lowest BCUT2D eigenvalue weighted by molar-refractivity contribution is 0.348. The van der Waals surface area contributed by atoms with E-state index in [9.17, 15) is 0 Å². The van der Waals surface area contributed by atoms with Crippen LogP contribution in [0.1, 0.15) is 44.6 Å². The van der Waals surface area contributed by atoms with Crippen LogP contribution >= 0.6 is 0 Å². The van der Waals surface area contributed by atoms with E-state index in [1.54, 1.807) is 19.3 Å². The molecular weight excluding hydrogens is 254 g/mol. The first kappa shape index (κ1) is 13.8. The third kappa shape index (κ3) is 2.54. The molecule has 5 atom stereocenters. The van der Waals surface area contributed by atoms with Crippen LogP contribution in [0.25, 0.3) is 0 Å². The quantitative estimate of drug-likeness (QED) is 0.787. The summed E-state index contributed by atoms with van der Waals surface area (Å²) in [6.45, 7) is 3.41. The summed E-state index contributed by atoms with van der Waals surface area (Å²) in [5.41, 5.74) is 1.50. The van der Waals surface area contributed by atoms with Crippen LogP contribution in [-0.2, 0) is 6.42 Å². The Labute approximate surface area is 129 Å². The van der Waals surface area contributed by atoms with E-state index in [4.69, 9.17) is 0 Å². The number of rotatable bonds is 7. The van der Waals surface area contributed by atoms with Gasteiger partial charge in [0.05, 0.1) is 0 Å². The van der Waals surface area contributed by atoms with Crippen molar-refractivity contribution in [3.05, 3.63) is 35.9 Å². The Hall–Kier alpha value is -0.820. The van der Waals surface area contributed by atoms with Gasteiger partial charge in [-0.25, -0.2) is 0 Å². The lowest BCUT2D eigenvalue weighted by Crippen LogP contribution is -2.33. The van der Waals surface area contributed by atoms with E-state index in [0.717, 1.165) is 42.2 Å². The normalized spacial score (nSPS) is 37.5. The van der Waals surface area contributed by atoms with Gasteiger partial charge in [0, 0.05) is 6.04 Å². The first-order chi connectivity index (χ1) is 10.4. The van der Waals surface area contributed by atoms with E-state index in [1.807, 2.05) is 0 Å². The number of benzene rings is 1. The summed E-state index contributed by atoms with van der Waals surface area (Å²) >= 11 is 0. The highest BCUT2D eigenvalue weighted by Crippen LogP contribution is 2.70. The van der Waals surface area contributed by atoms with Gasteiger partial charge in [0.25, 0.3) is 0 Å². The van der Waals surface area contributed by atoms with E-state index < -0.39 is 0 Å². The van der Waals surface area contributed by atoms with Crippen LogP contribution in [-0.4, -0.2) is 12.6 Å². The van der Waals surface area contributed by atoms with Crippen molar-refractivity contribution in [2.24, 2.45) is 29.6 Å². The first-order valence-corrected chi connectivity index (χ1v) is 9.15. The Morgan fingerprint density at radius 2 is 1.81 bits per heavy atom. The maximum absolute atomic E-state index is 3.83. The van der Waals surface area contributed by atoms with E-state index in [-0.39, 0.29) is 0 Å². The van der Waals surface area contributed by atoms with E-state index in [2.05, 4.69) is 42.6 Å². The summed E-state index contributed by atoms with van der Waals surface area (Å²) in [7, 11) is 0. The molecule has 1 heteroatoms. The molecule has 1 N–H and O–H groups in total. The molecule has 0 heterocycles. The van der Waals surface area contributed by atoms with Gasteiger partial charge in [-0.1, -0.05) is 37.3 Å². The molecule has 3 aliphatic carbocycles. The lowest BCUT2D eigenvalue weighted by atomic mass is 9.93. The fourth-order valence-electron chi connectivity index (χ4n) is 5.79. The van der Waals surface area contributed by atoms with Crippen molar-refractivity contribution in [2.45, 2.75) is 51.5 Å². The molecule has 1 aromatic carbocycles. The SMILES string of the molecule is CCNC(CCCc1ccccc1)C1C2C3CCC(C3)C21. The van der Waals surface area contributed by atoms with E-state index in [1.165, 1.54) is 24.8 Å². The third-order valence-electron chi connectivity index (χ3n) is 6.55. The molecule has 0 saturated heterocycles. The molecule has 0 aliphatic heterocycles. The number of aryl methyl sites for hydroxylation is 1. The molecule has 0 spiro atoms. The Bertz CT molecular complexity index is 452. The largest absolute Gasteiger partial charge is 0.314 e. The van der Waals surface area contributed by atoms with Gasteiger partial charge in [-0.15, -0.1) is 0 Å². The van der Waals surface area contributed by atoms with Crippen molar-refractivity contribution in [3.63, 3.8) is 0 Å². The van der Waals surface area contributed by atoms with Crippen LogP contribution in [0.4, 0.5) is 0 Å². The van der Waals surface area contributed by atoms with Crippen molar-refractivity contribution in [3.8, 4) is 0 Å². The van der Waals surface area contributed by atoms with Crippen molar-refractivity contribution >= 4 is 0 Å². The summed E-state index contributed by atoms with van der Waals surface area (Å²) in [6.07, 6.45) is 8.63. The average molecular weight is 283 g/mol. The van der Waals surface area contributed by atoms with E-state index in [0.29, 0.717) is 0 Å². The molecule has 1 aromatic rings. The Morgan fingerprint density at radius 1 is 1.10 bits per heavy atom. The predicted molar refractivity (Wildman–Crippen MR) is 88.1 cm³/mol. The molecule has 2 bridgehead atoms. The predicted octanol–water partition coefficient (Wildman–Crippen LogP) is 4.28. The fraction of sp³-hybridized carbons (Fsp3) is 0.700. The lowest BCUT2D eigenvalue weighted by Gasteiger charge is -2.21. The molecule has 3 saturated carbocycles. The zero-order chi connectivity index (χ0) is 14.2.